The first-order valence-corrected chi connectivity index (χ1v) is 14.0. The standard InChI is InChI=1S/C24H37N5O2S2/c1-5-12-29-13-6-7-17(29)20-22(32-15-19-26-14-18(31-19)24(2,3)4)33-23(27-20)28-21(30)16-8-10-25-11-9-16/h14,16-17,25H,5-13,15H2,1-4H3,(H,27,28,30). The van der Waals surface area contributed by atoms with Gasteiger partial charge in [0.05, 0.1) is 27.9 Å². The molecule has 9 heteroatoms. The second kappa shape index (κ2) is 10.9. The molecule has 2 N–H and O–H groups in total. The number of thiazole rings is 1. The highest BCUT2D eigenvalue weighted by atomic mass is 32.2. The maximum absolute atomic E-state index is 12.8. The van der Waals surface area contributed by atoms with Crippen LogP contribution in [-0.4, -0.2) is 47.0 Å². The van der Waals surface area contributed by atoms with Gasteiger partial charge in [-0.2, -0.15) is 0 Å². The Morgan fingerprint density at radius 3 is 2.82 bits per heavy atom. The lowest BCUT2D eigenvalue weighted by Crippen LogP contribution is -2.34. The Hall–Kier alpha value is -1.42. The van der Waals surface area contributed by atoms with E-state index in [9.17, 15) is 4.79 Å². The summed E-state index contributed by atoms with van der Waals surface area (Å²) < 4.78 is 7.18. The Morgan fingerprint density at radius 2 is 2.12 bits per heavy atom. The predicted octanol–water partition coefficient (Wildman–Crippen LogP) is 5.21. The van der Waals surface area contributed by atoms with Gasteiger partial charge in [-0.1, -0.05) is 39.0 Å². The molecule has 1 amide bonds. The van der Waals surface area contributed by atoms with E-state index >= 15 is 0 Å². The molecule has 2 aromatic heterocycles. The first-order valence-electron chi connectivity index (χ1n) is 12.2. The fraction of sp³-hybridized carbons (Fsp3) is 0.708. The molecule has 2 fully saturated rings. The normalized spacial score (nSPS) is 20.4. The molecule has 4 heterocycles. The third-order valence-electron chi connectivity index (χ3n) is 6.37. The van der Waals surface area contributed by atoms with Crippen LogP contribution in [0.15, 0.2) is 14.8 Å². The molecule has 2 aromatic rings. The third kappa shape index (κ3) is 6.18. The first-order chi connectivity index (χ1) is 15.8. The van der Waals surface area contributed by atoms with Crippen LogP contribution >= 0.6 is 23.1 Å². The van der Waals surface area contributed by atoms with Crippen molar-refractivity contribution in [2.24, 2.45) is 5.92 Å². The number of carbonyl (C=O) groups is 1. The lowest BCUT2D eigenvalue weighted by atomic mass is 9.94. The highest BCUT2D eigenvalue weighted by Gasteiger charge is 2.31. The van der Waals surface area contributed by atoms with Crippen LogP contribution in [0.2, 0.25) is 0 Å². The largest absolute Gasteiger partial charge is 0.444 e. The highest BCUT2D eigenvalue weighted by molar-refractivity contribution is 8.00. The van der Waals surface area contributed by atoms with Crippen molar-refractivity contribution in [3.63, 3.8) is 0 Å². The Balaban J connectivity index is 1.51. The zero-order valence-electron chi connectivity index (χ0n) is 20.3. The number of aromatic nitrogens is 2. The van der Waals surface area contributed by atoms with E-state index < -0.39 is 0 Å². The minimum Gasteiger partial charge on any atom is -0.444 e. The number of nitrogens with one attached hydrogen (secondary N) is 2. The van der Waals surface area contributed by atoms with Crippen molar-refractivity contribution in [2.75, 3.05) is 31.5 Å². The average molecular weight is 492 g/mol. The Labute approximate surface area is 205 Å². The molecule has 182 valence electrons. The molecule has 1 unspecified atom stereocenters. The molecule has 2 aliphatic heterocycles. The topological polar surface area (TPSA) is 83.3 Å². The summed E-state index contributed by atoms with van der Waals surface area (Å²) >= 11 is 3.32. The molecule has 1 atom stereocenters. The van der Waals surface area contributed by atoms with Crippen molar-refractivity contribution < 1.29 is 9.21 Å². The minimum atomic E-state index is -0.0534. The zero-order valence-corrected chi connectivity index (χ0v) is 21.9. The van der Waals surface area contributed by atoms with Crippen molar-refractivity contribution in [1.29, 1.82) is 0 Å². The van der Waals surface area contributed by atoms with E-state index in [-0.39, 0.29) is 17.2 Å². The molecule has 2 saturated heterocycles. The number of carbonyl (C=O) groups excluding carboxylic acids is 1. The van der Waals surface area contributed by atoms with Crippen molar-refractivity contribution in [3.05, 3.63) is 23.5 Å². The summed E-state index contributed by atoms with van der Waals surface area (Å²) in [5, 5.41) is 7.19. The van der Waals surface area contributed by atoms with Crippen LogP contribution in [0.5, 0.6) is 0 Å². The van der Waals surface area contributed by atoms with Gasteiger partial charge in [0.1, 0.15) is 5.76 Å². The van der Waals surface area contributed by atoms with Crippen molar-refractivity contribution in [1.82, 2.24) is 20.2 Å². The Kier molecular flexibility index (Phi) is 8.15. The monoisotopic (exact) mass is 491 g/mol. The van der Waals surface area contributed by atoms with Crippen molar-refractivity contribution in [2.45, 2.75) is 81.2 Å². The van der Waals surface area contributed by atoms with Gasteiger partial charge in [-0.3, -0.25) is 9.69 Å². The molecule has 0 saturated carbocycles. The summed E-state index contributed by atoms with van der Waals surface area (Å²) in [5.74, 6) is 2.48. The van der Waals surface area contributed by atoms with E-state index in [1.165, 1.54) is 10.6 Å². The van der Waals surface area contributed by atoms with E-state index in [4.69, 9.17) is 9.40 Å². The van der Waals surface area contributed by atoms with Gasteiger partial charge >= 0.3 is 0 Å². The van der Waals surface area contributed by atoms with Crippen molar-refractivity contribution >= 4 is 34.1 Å². The first kappa shape index (κ1) is 24.7. The Morgan fingerprint density at radius 1 is 1.33 bits per heavy atom. The molecular weight excluding hydrogens is 454 g/mol. The lowest BCUT2D eigenvalue weighted by molar-refractivity contribution is -0.120. The summed E-state index contributed by atoms with van der Waals surface area (Å²) in [7, 11) is 0. The number of oxazole rings is 1. The second-order valence-corrected chi connectivity index (χ2v) is 12.3. The minimum absolute atomic E-state index is 0.0534. The Bertz CT molecular complexity index is 930. The van der Waals surface area contributed by atoms with Gasteiger partial charge in [0.2, 0.25) is 11.8 Å². The van der Waals surface area contributed by atoms with Crippen LogP contribution in [0, 0.1) is 5.92 Å². The van der Waals surface area contributed by atoms with Crippen LogP contribution < -0.4 is 10.6 Å². The molecule has 0 bridgehead atoms. The van der Waals surface area contributed by atoms with E-state index in [2.05, 4.69) is 48.2 Å². The van der Waals surface area contributed by atoms with Gasteiger partial charge in [-0.05, 0) is 58.3 Å². The molecule has 2 aliphatic rings. The molecule has 0 radical (unpaired) electrons. The fourth-order valence-corrected chi connectivity index (χ4v) is 6.64. The molecule has 7 nitrogen and oxygen atoms in total. The number of likely N-dealkylation sites (tertiary alicyclic amines) is 1. The molecule has 0 aromatic carbocycles. The number of hydrogen-bond donors (Lipinski definition) is 2. The quantitative estimate of drug-likeness (QED) is 0.491. The van der Waals surface area contributed by atoms with Gasteiger partial charge in [0.25, 0.3) is 0 Å². The number of amides is 1. The number of nitrogens with zero attached hydrogens (tertiary/aromatic N) is 3. The maximum Gasteiger partial charge on any atom is 0.229 e. The van der Waals surface area contributed by atoms with Crippen LogP contribution in [0.3, 0.4) is 0 Å². The van der Waals surface area contributed by atoms with Crippen LogP contribution in [-0.2, 0) is 16.0 Å². The summed E-state index contributed by atoms with van der Waals surface area (Å²) in [5.41, 5.74) is 1.06. The molecule has 0 aliphatic carbocycles. The SMILES string of the molecule is CCCN1CCCC1c1nc(NC(=O)C2CCNCC2)sc1SCc1ncc(C(C)(C)C)o1. The summed E-state index contributed by atoms with van der Waals surface area (Å²) in [6.45, 7) is 12.6. The number of hydrogen-bond acceptors (Lipinski definition) is 8. The molecule has 4 rings (SSSR count). The number of anilines is 1. The average Bonchev–Trinajstić information content (AvgIpc) is 3.52. The predicted molar refractivity (Wildman–Crippen MR) is 135 cm³/mol. The lowest BCUT2D eigenvalue weighted by Gasteiger charge is -2.23. The highest BCUT2D eigenvalue weighted by Crippen LogP contribution is 2.43. The summed E-state index contributed by atoms with van der Waals surface area (Å²) in [6.07, 6.45) is 7.06. The van der Waals surface area contributed by atoms with Gasteiger partial charge in [-0.25, -0.2) is 9.97 Å². The number of thioether (sulfide) groups is 1. The molecule has 0 spiro atoms. The third-order valence-corrected chi connectivity index (χ3v) is 8.62. The van der Waals surface area contributed by atoms with Gasteiger partial charge in [0.15, 0.2) is 5.13 Å². The van der Waals surface area contributed by atoms with E-state index in [1.807, 2.05) is 6.20 Å². The van der Waals surface area contributed by atoms with Crippen LogP contribution in [0.1, 0.15) is 83.2 Å². The van der Waals surface area contributed by atoms with Gasteiger partial charge in [-0.15, -0.1) is 11.8 Å². The zero-order chi connectivity index (χ0) is 23.4. The maximum atomic E-state index is 12.8. The smallest absolute Gasteiger partial charge is 0.229 e. The van der Waals surface area contributed by atoms with Gasteiger partial charge < -0.3 is 15.1 Å². The second-order valence-electron chi connectivity index (χ2n) is 10.1. The van der Waals surface area contributed by atoms with E-state index in [1.54, 1.807) is 23.1 Å². The van der Waals surface area contributed by atoms with Crippen LogP contribution in [0.4, 0.5) is 5.13 Å². The summed E-state index contributed by atoms with van der Waals surface area (Å²) in [6, 6.07) is 0.322. The van der Waals surface area contributed by atoms with Crippen LogP contribution in [0.25, 0.3) is 0 Å². The fourth-order valence-electron chi connectivity index (χ4n) is 4.52. The van der Waals surface area contributed by atoms with E-state index in [0.29, 0.717) is 11.8 Å². The van der Waals surface area contributed by atoms with Crippen molar-refractivity contribution in [3.8, 4) is 0 Å². The molecular formula is C24H37N5O2S2. The van der Waals surface area contributed by atoms with E-state index in [0.717, 1.165) is 74.3 Å². The molecule has 33 heavy (non-hydrogen) atoms. The van der Waals surface area contributed by atoms with Gasteiger partial charge in [0, 0.05) is 11.3 Å². The number of piperidine rings is 1. The summed E-state index contributed by atoms with van der Waals surface area (Å²) in [4.78, 5) is 24.8. The number of rotatable bonds is 8.